The number of carbonyl (C=O) groups excluding carboxylic acids is 1. The number of thiophene rings is 1. The van der Waals surface area contributed by atoms with Crippen molar-refractivity contribution >= 4 is 33.4 Å². The number of aromatic nitrogens is 3. The van der Waals surface area contributed by atoms with Crippen LogP contribution in [0.15, 0.2) is 35.8 Å². The second-order valence-electron chi connectivity index (χ2n) is 5.80. The van der Waals surface area contributed by atoms with Gasteiger partial charge in [0, 0.05) is 19.3 Å². The van der Waals surface area contributed by atoms with Crippen LogP contribution in [0.5, 0.6) is 0 Å². The van der Waals surface area contributed by atoms with E-state index in [9.17, 15) is 4.79 Å². The molecule has 0 radical (unpaired) electrons. The molecule has 3 aromatic rings. The van der Waals surface area contributed by atoms with Crippen LogP contribution >= 0.6 is 11.3 Å². The van der Waals surface area contributed by atoms with Crippen molar-refractivity contribution in [2.24, 2.45) is 0 Å². The monoisotopic (exact) mass is 339 g/mol. The summed E-state index contributed by atoms with van der Waals surface area (Å²) >= 11 is 1.51. The van der Waals surface area contributed by atoms with E-state index in [0.29, 0.717) is 11.6 Å². The zero-order valence-electron chi connectivity index (χ0n) is 13.3. The Morgan fingerprint density at radius 2 is 2.17 bits per heavy atom. The van der Waals surface area contributed by atoms with Crippen molar-refractivity contribution in [2.75, 3.05) is 18.4 Å². The summed E-state index contributed by atoms with van der Waals surface area (Å²) < 4.78 is 0.850. The molecule has 0 aromatic carbocycles. The van der Waals surface area contributed by atoms with E-state index in [-0.39, 0.29) is 11.9 Å². The third-order valence-electron chi connectivity index (χ3n) is 4.13. The second kappa shape index (κ2) is 6.16. The van der Waals surface area contributed by atoms with Crippen LogP contribution < -0.4 is 5.32 Å². The molecule has 4 heterocycles. The summed E-state index contributed by atoms with van der Waals surface area (Å²) in [5.74, 6) is 0.451. The maximum Gasteiger partial charge on any atom is 0.274 e. The quantitative estimate of drug-likeness (QED) is 0.791. The fourth-order valence-corrected chi connectivity index (χ4v) is 3.45. The van der Waals surface area contributed by atoms with E-state index in [2.05, 4.69) is 20.3 Å². The molecule has 0 saturated carbocycles. The first kappa shape index (κ1) is 15.0. The van der Waals surface area contributed by atoms with Crippen LogP contribution in [0.3, 0.4) is 0 Å². The Morgan fingerprint density at radius 3 is 2.88 bits per heavy atom. The van der Waals surface area contributed by atoms with Crippen LogP contribution in [0.2, 0.25) is 0 Å². The fraction of sp³-hybridized carbons (Fsp3) is 0.294. The van der Waals surface area contributed by atoms with E-state index in [1.807, 2.05) is 41.5 Å². The number of hydrogen-bond donors (Lipinski definition) is 1. The lowest BCUT2D eigenvalue weighted by Gasteiger charge is -2.30. The van der Waals surface area contributed by atoms with Crippen LogP contribution in [-0.4, -0.2) is 38.8 Å². The molecule has 1 aliphatic rings. The smallest absolute Gasteiger partial charge is 0.274 e. The summed E-state index contributed by atoms with van der Waals surface area (Å²) in [6.45, 7) is 3.62. The van der Waals surface area contributed by atoms with Gasteiger partial charge >= 0.3 is 0 Å². The highest BCUT2D eigenvalue weighted by Gasteiger charge is 2.26. The van der Waals surface area contributed by atoms with Gasteiger partial charge in [-0.1, -0.05) is 6.07 Å². The topological polar surface area (TPSA) is 71.0 Å². The summed E-state index contributed by atoms with van der Waals surface area (Å²) in [5, 5.41) is 5.20. The molecule has 0 bridgehead atoms. The van der Waals surface area contributed by atoms with Crippen molar-refractivity contribution in [3.05, 3.63) is 47.2 Å². The van der Waals surface area contributed by atoms with Crippen LogP contribution in [0.1, 0.15) is 35.6 Å². The van der Waals surface area contributed by atoms with Gasteiger partial charge in [0.05, 0.1) is 22.0 Å². The number of rotatable bonds is 4. The molecule has 1 N–H and O–H groups in total. The molecule has 0 unspecified atom stereocenters. The number of pyridine rings is 1. The standard InChI is InChI=1S/C17H17N5OS/c1-11(12-5-2-3-7-18-12)19-17-20-13-6-10-24-15(13)14(21-17)16(23)22-8-4-9-22/h2-3,5-7,10-11H,4,8-9H2,1H3,(H,19,20,21)/t11-/m0/s1. The fourth-order valence-electron chi connectivity index (χ4n) is 2.64. The van der Waals surface area contributed by atoms with E-state index in [4.69, 9.17) is 0 Å². The molecule has 4 rings (SSSR count). The van der Waals surface area contributed by atoms with Gasteiger partial charge in [-0.05, 0) is 36.9 Å². The lowest BCUT2D eigenvalue weighted by molar-refractivity contribution is 0.0648. The summed E-state index contributed by atoms with van der Waals surface area (Å²) in [4.78, 5) is 27.9. The molecule has 122 valence electrons. The van der Waals surface area contributed by atoms with Gasteiger partial charge in [0.15, 0.2) is 5.69 Å². The van der Waals surface area contributed by atoms with Crippen LogP contribution in [0, 0.1) is 0 Å². The van der Waals surface area contributed by atoms with Gasteiger partial charge in [-0.25, -0.2) is 9.97 Å². The number of carbonyl (C=O) groups is 1. The van der Waals surface area contributed by atoms with Crippen LogP contribution in [0.4, 0.5) is 5.95 Å². The van der Waals surface area contributed by atoms with Crippen molar-refractivity contribution in [1.82, 2.24) is 19.9 Å². The van der Waals surface area contributed by atoms with E-state index in [1.54, 1.807) is 6.20 Å². The highest BCUT2D eigenvalue weighted by atomic mass is 32.1. The van der Waals surface area contributed by atoms with Crippen molar-refractivity contribution in [3.8, 4) is 0 Å². The Kier molecular flexibility index (Phi) is 3.86. The lowest BCUT2D eigenvalue weighted by Crippen LogP contribution is -2.42. The van der Waals surface area contributed by atoms with Gasteiger partial charge < -0.3 is 10.2 Å². The predicted molar refractivity (Wildman–Crippen MR) is 94.2 cm³/mol. The van der Waals surface area contributed by atoms with Crippen molar-refractivity contribution < 1.29 is 4.79 Å². The first-order valence-electron chi connectivity index (χ1n) is 7.94. The van der Waals surface area contributed by atoms with Gasteiger partial charge in [-0.3, -0.25) is 9.78 Å². The minimum atomic E-state index is -0.0470. The molecule has 1 fully saturated rings. The van der Waals surface area contributed by atoms with E-state index < -0.39 is 0 Å². The molecule has 0 spiro atoms. The van der Waals surface area contributed by atoms with E-state index in [0.717, 1.165) is 35.4 Å². The van der Waals surface area contributed by atoms with Gasteiger partial charge in [-0.2, -0.15) is 0 Å². The highest BCUT2D eigenvalue weighted by molar-refractivity contribution is 7.17. The Bertz CT molecular complexity index is 875. The minimum absolute atomic E-state index is 0.00959. The Labute approximate surface area is 143 Å². The first-order valence-corrected chi connectivity index (χ1v) is 8.82. The zero-order valence-corrected chi connectivity index (χ0v) is 14.1. The van der Waals surface area contributed by atoms with Crippen molar-refractivity contribution in [2.45, 2.75) is 19.4 Å². The molecule has 6 nitrogen and oxygen atoms in total. The molecule has 24 heavy (non-hydrogen) atoms. The minimum Gasteiger partial charge on any atom is -0.346 e. The average Bonchev–Trinajstić information content (AvgIpc) is 3.01. The molecule has 7 heteroatoms. The SMILES string of the molecule is C[C@H](Nc1nc(C(=O)N2CCC2)c2sccc2n1)c1ccccn1. The Morgan fingerprint density at radius 1 is 1.29 bits per heavy atom. The third-order valence-corrected chi connectivity index (χ3v) is 5.04. The van der Waals surface area contributed by atoms with Gasteiger partial charge in [0.25, 0.3) is 5.91 Å². The molecule has 3 aromatic heterocycles. The zero-order chi connectivity index (χ0) is 16.5. The third kappa shape index (κ3) is 2.71. The summed E-state index contributed by atoms with van der Waals surface area (Å²) in [6, 6.07) is 7.66. The average molecular weight is 339 g/mol. The molecule has 1 saturated heterocycles. The number of nitrogens with one attached hydrogen (secondary N) is 1. The number of likely N-dealkylation sites (tertiary alicyclic amines) is 1. The van der Waals surface area contributed by atoms with E-state index in [1.165, 1.54) is 11.3 Å². The number of fused-ring (bicyclic) bond motifs is 1. The predicted octanol–water partition coefficient (Wildman–Crippen LogP) is 3.11. The van der Waals surface area contributed by atoms with Crippen LogP contribution in [0.25, 0.3) is 10.2 Å². The summed E-state index contributed by atoms with van der Waals surface area (Å²) in [7, 11) is 0. The second-order valence-corrected chi connectivity index (χ2v) is 6.71. The number of amides is 1. The molecular weight excluding hydrogens is 322 g/mol. The molecule has 1 amide bonds. The van der Waals surface area contributed by atoms with Crippen molar-refractivity contribution in [3.63, 3.8) is 0 Å². The maximum atomic E-state index is 12.6. The molecule has 1 atom stereocenters. The summed E-state index contributed by atoms with van der Waals surface area (Å²) in [6.07, 6.45) is 2.82. The van der Waals surface area contributed by atoms with Crippen molar-refractivity contribution in [1.29, 1.82) is 0 Å². The van der Waals surface area contributed by atoms with Gasteiger partial charge in [-0.15, -0.1) is 11.3 Å². The van der Waals surface area contributed by atoms with Gasteiger partial charge in [0.1, 0.15) is 0 Å². The normalized spacial score (nSPS) is 15.1. The first-order chi connectivity index (χ1) is 11.7. The number of nitrogens with zero attached hydrogens (tertiary/aromatic N) is 4. The Balaban J connectivity index is 1.67. The molecular formula is C17H17N5OS. The van der Waals surface area contributed by atoms with Gasteiger partial charge in [0.2, 0.25) is 5.95 Å². The number of hydrogen-bond acceptors (Lipinski definition) is 6. The van der Waals surface area contributed by atoms with E-state index >= 15 is 0 Å². The summed E-state index contributed by atoms with van der Waals surface area (Å²) in [5.41, 5.74) is 2.20. The lowest BCUT2D eigenvalue weighted by atomic mass is 10.2. The van der Waals surface area contributed by atoms with Crippen LogP contribution in [-0.2, 0) is 0 Å². The number of anilines is 1. The Hall–Kier alpha value is -2.54. The molecule has 1 aliphatic heterocycles. The highest BCUT2D eigenvalue weighted by Crippen LogP contribution is 2.27. The molecule has 0 aliphatic carbocycles. The maximum absolute atomic E-state index is 12.6. The largest absolute Gasteiger partial charge is 0.346 e.